The standard InChI is InChI=1S/C6H8F3NO2/c7-6(8,9)4-1-10(2-4)3-5(11)12/h4H,1-3H2,(H,11,12). The maximum absolute atomic E-state index is 11.8. The van der Waals surface area contributed by atoms with E-state index in [4.69, 9.17) is 5.11 Å². The first kappa shape index (κ1) is 9.31. The van der Waals surface area contributed by atoms with Gasteiger partial charge in [-0.2, -0.15) is 13.2 Å². The highest BCUT2D eigenvalue weighted by Crippen LogP contribution is 2.32. The van der Waals surface area contributed by atoms with Crippen LogP contribution in [0.3, 0.4) is 0 Å². The molecule has 1 aliphatic heterocycles. The predicted molar refractivity (Wildman–Crippen MR) is 33.6 cm³/mol. The van der Waals surface area contributed by atoms with Crippen molar-refractivity contribution in [2.45, 2.75) is 6.18 Å². The molecule has 0 aliphatic carbocycles. The molecule has 1 heterocycles. The fourth-order valence-electron chi connectivity index (χ4n) is 1.10. The van der Waals surface area contributed by atoms with E-state index in [2.05, 4.69) is 0 Å². The van der Waals surface area contributed by atoms with Crippen LogP contribution in [0.1, 0.15) is 0 Å². The van der Waals surface area contributed by atoms with Gasteiger partial charge < -0.3 is 5.11 Å². The van der Waals surface area contributed by atoms with E-state index in [1.165, 1.54) is 4.90 Å². The van der Waals surface area contributed by atoms with E-state index in [0.29, 0.717) is 0 Å². The zero-order valence-electron chi connectivity index (χ0n) is 6.14. The highest BCUT2D eigenvalue weighted by molar-refractivity contribution is 5.69. The number of nitrogens with zero attached hydrogens (tertiary/aromatic N) is 1. The Morgan fingerprint density at radius 3 is 2.33 bits per heavy atom. The van der Waals surface area contributed by atoms with Crippen LogP contribution in [0.5, 0.6) is 0 Å². The number of alkyl halides is 3. The molecule has 0 radical (unpaired) electrons. The quantitative estimate of drug-likeness (QED) is 0.680. The molecule has 0 amide bonds. The fourth-order valence-corrected chi connectivity index (χ4v) is 1.10. The Labute approximate surface area is 66.8 Å². The van der Waals surface area contributed by atoms with Gasteiger partial charge in [0.2, 0.25) is 0 Å². The van der Waals surface area contributed by atoms with Crippen LogP contribution in [0.25, 0.3) is 0 Å². The number of likely N-dealkylation sites (tertiary alicyclic amines) is 1. The van der Waals surface area contributed by atoms with Crippen LogP contribution in [0, 0.1) is 5.92 Å². The summed E-state index contributed by atoms with van der Waals surface area (Å²) >= 11 is 0. The third-order valence-corrected chi connectivity index (χ3v) is 1.78. The summed E-state index contributed by atoms with van der Waals surface area (Å²) in [5.74, 6) is -2.42. The third-order valence-electron chi connectivity index (χ3n) is 1.78. The van der Waals surface area contributed by atoms with Crippen molar-refractivity contribution in [3.63, 3.8) is 0 Å². The Hall–Kier alpha value is -0.780. The second-order valence-electron chi connectivity index (χ2n) is 2.83. The smallest absolute Gasteiger partial charge is 0.394 e. The molecule has 0 aromatic heterocycles. The van der Waals surface area contributed by atoms with Gasteiger partial charge in [0.1, 0.15) is 0 Å². The van der Waals surface area contributed by atoms with E-state index < -0.39 is 18.1 Å². The summed E-state index contributed by atoms with van der Waals surface area (Å²) in [7, 11) is 0. The lowest BCUT2D eigenvalue weighted by atomic mass is 10.00. The lowest BCUT2D eigenvalue weighted by molar-refractivity contribution is -0.210. The minimum Gasteiger partial charge on any atom is -0.480 e. The summed E-state index contributed by atoms with van der Waals surface area (Å²) in [5, 5.41) is 8.22. The first-order valence-corrected chi connectivity index (χ1v) is 3.40. The largest absolute Gasteiger partial charge is 0.480 e. The predicted octanol–water partition coefficient (Wildman–Crippen LogP) is 0.565. The van der Waals surface area contributed by atoms with Crippen molar-refractivity contribution in [3.05, 3.63) is 0 Å². The number of aliphatic carboxylic acids is 1. The van der Waals surface area contributed by atoms with Gasteiger partial charge >= 0.3 is 12.1 Å². The summed E-state index contributed by atoms with van der Waals surface area (Å²) in [6.45, 7) is -0.668. The zero-order valence-corrected chi connectivity index (χ0v) is 6.14. The van der Waals surface area contributed by atoms with Gasteiger partial charge in [-0.25, -0.2) is 0 Å². The SMILES string of the molecule is O=C(O)CN1CC(C(F)(F)F)C1. The minimum absolute atomic E-state index is 0.185. The van der Waals surface area contributed by atoms with Crippen LogP contribution < -0.4 is 0 Å². The first-order chi connectivity index (χ1) is 5.39. The molecule has 0 unspecified atom stereocenters. The molecule has 0 aromatic rings. The van der Waals surface area contributed by atoms with Gasteiger partial charge in [0, 0.05) is 13.1 Å². The highest BCUT2D eigenvalue weighted by Gasteiger charge is 2.47. The van der Waals surface area contributed by atoms with Gasteiger partial charge in [0.25, 0.3) is 0 Å². The van der Waals surface area contributed by atoms with Crippen LogP contribution in [0.4, 0.5) is 13.2 Å². The molecule has 1 aliphatic rings. The number of rotatable bonds is 2. The van der Waals surface area contributed by atoms with Gasteiger partial charge in [-0.3, -0.25) is 9.69 Å². The van der Waals surface area contributed by atoms with E-state index in [1.807, 2.05) is 0 Å². The van der Waals surface area contributed by atoms with Crippen molar-refractivity contribution in [3.8, 4) is 0 Å². The average Bonchev–Trinajstić information content (AvgIpc) is 1.73. The van der Waals surface area contributed by atoms with Crippen molar-refractivity contribution < 1.29 is 23.1 Å². The molecule has 0 atom stereocenters. The number of halogens is 3. The van der Waals surface area contributed by atoms with Crippen LogP contribution in [-0.2, 0) is 4.79 Å². The van der Waals surface area contributed by atoms with Gasteiger partial charge in [-0.1, -0.05) is 0 Å². The van der Waals surface area contributed by atoms with E-state index in [0.717, 1.165) is 0 Å². The van der Waals surface area contributed by atoms with Crippen molar-refractivity contribution in [1.82, 2.24) is 4.90 Å². The Morgan fingerprint density at radius 2 is 2.00 bits per heavy atom. The number of carboxylic acid groups (broad SMARTS) is 1. The van der Waals surface area contributed by atoms with Crippen LogP contribution in [0.2, 0.25) is 0 Å². The minimum atomic E-state index is -4.17. The molecule has 0 aromatic carbocycles. The first-order valence-electron chi connectivity index (χ1n) is 3.40. The molecular formula is C6H8F3NO2. The van der Waals surface area contributed by atoms with Crippen molar-refractivity contribution in [1.29, 1.82) is 0 Å². The molecule has 1 N–H and O–H groups in total. The summed E-state index contributed by atoms with van der Waals surface area (Å²) < 4.78 is 35.5. The summed E-state index contributed by atoms with van der Waals surface area (Å²) in [6, 6.07) is 0. The molecule has 70 valence electrons. The molecule has 3 nitrogen and oxygen atoms in total. The molecule has 0 spiro atoms. The second-order valence-corrected chi connectivity index (χ2v) is 2.83. The number of carbonyl (C=O) groups is 1. The molecule has 0 bridgehead atoms. The van der Waals surface area contributed by atoms with Crippen LogP contribution in [0.15, 0.2) is 0 Å². The number of hydrogen-bond donors (Lipinski definition) is 1. The Balaban J connectivity index is 2.25. The van der Waals surface area contributed by atoms with E-state index in [1.54, 1.807) is 0 Å². The number of hydrogen-bond acceptors (Lipinski definition) is 2. The molecule has 1 rings (SSSR count). The van der Waals surface area contributed by atoms with Gasteiger partial charge in [-0.05, 0) is 0 Å². The van der Waals surface area contributed by atoms with Crippen molar-refractivity contribution >= 4 is 5.97 Å². The van der Waals surface area contributed by atoms with Gasteiger partial charge in [0.05, 0.1) is 12.5 Å². The van der Waals surface area contributed by atoms with E-state index in [9.17, 15) is 18.0 Å². The monoisotopic (exact) mass is 183 g/mol. The second kappa shape index (κ2) is 2.93. The highest BCUT2D eigenvalue weighted by atomic mass is 19.4. The molecule has 1 saturated heterocycles. The van der Waals surface area contributed by atoms with E-state index >= 15 is 0 Å². The lowest BCUT2D eigenvalue weighted by Crippen LogP contribution is -2.54. The summed E-state index contributed by atoms with van der Waals surface area (Å²) in [6.07, 6.45) is -4.17. The Morgan fingerprint density at radius 1 is 1.50 bits per heavy atom. The fraction of sp³-hybridized carbons (Fsp3) is 0.833. The average molecular weight is 183 g/mol. The van der Waals surface area contributed by atoms with Crippen molar-refractivity contribution in [2.75, 3.05) is 19.6 Å². The Kier molecular flexibility index (Phi) is 2.27. The lowest BCUT2D eigenvalue weighted by Gasteiger charge is -2.38. The molecule has 6 heteroatoms. The van der Waals surface area contributed by atoms with Gasteiger partial charge in [-0.15, -0.1) is 0 Å². The maximum Gasteiger partial charge on any atom is 0.394 e. The molecule has 12 heavy (non-hydrogen) atoms. The Bertz CT molecular complexity index is 186. The zero-order chi connectivity index (χ0) is 9.35. The molecule has 0 saturated carbocycles. The van der Waals surface area contributed by atoms with Gasteiger partial charge in [0.15, 0.2) is 0 Å². The maximum atomic E-state index is 11.8. The molecular weight excluding hydrogens is 175 g/mol. The van der Waals surface area contributed by atoms with E-state index in [-0.39, 0.29) is 19.6 Å². The topological polar surface area (TPSA) is 40.5 Å². The number of carboxylic acids is 1. The third kappa shape index (κ3) is 2.10. The normalized spacial score (nSPS) is 20.6. The van der Waals surface area contributed by atoms with Crippen LogP contribution >= 0.6 is 0 Å². The van der Waals surface area contributed by atoms with Crippen molar-refractivity contribution in [2.24, 2.45) is 5.92 Å². The summed E-state index contributed by atoms with van der Waals surface area (Å²) in [5.41, 5.74) is 0. The van der Waals surface area contributed by atoms with Crippen LogP contribution in [-0.4, -0.2) is 41.8 Å². The molecule has 1 fully saturated rings. The summed E-state index contributed by atoms with van der Waals surface area (Å²) in [4.78, 5) is 11.3.